The third-order valence-corrected chi connectivity index (χ3v) is 16.6. The fraction of sp³-hybridized carbons (Fsp3) is 0.0270. The zero-order valence-electron chi connectivity index (χ0n) is 41.2. The first-order valence-corrected chi connectivity index (χ1v) is 26.2. The minimum Gasteiger partial charge on any atom is -0.310 e. The number of fused-ring (bicyclic) bond motifs is 13. The van der Waals surface area contributed by atoms with Gasteiger partial charge in [0.1, 0.15) is 0 Å². The zero-order chi connectivity index (χ0) is 49.5. The molecule has 0 saturated carbocycles. The van der Waals surface area contributed by atoms with E-state index in [1.54, 1.807) is 0 Å². The van der Waals surface area contributed by atoms with Gasteiger partial charge in [0, 0.05) is 17.1 Å². The Kier molecular flexibility index (Phi) is 9.77. The molecule has 3 aliphatic carbocycles. The van der Waals surface area contributed by atoms with Gasteiger partial charge in [-0.2, -0.15) is 0 Å². The van der Waals surface area contributed by atoms with Crippen LogP contribution in [0.1, 0.15) is 44.5 Å². The third kappa shape index (κ3) is 6.38. The molecule has 0 radical (unpaired) electrons. The lowest BCUT2D eigenvalue weighted by atomic mass is 9.67. The second-order valence-electron chi connectivity index (χ2n) is 20.3. The second kappa shape index (κ2) is 17.0. The summed E-state index contributed by atoms with van der Waals surface area (Å²) in [6.07, 6.45) is 0. The quantitative estimate of drug-likeness (QED) is 0.147. The highest BCUT2D eigenvalue weighted by molar-refractivity contribution is 5.97. The standard InChI is InChI=1S/C74H49N/c1-4-18-50(19-5-1)51-32-34-52(35-33-51)53-36-38-54(39-37-53)55-40-42-58(43-41-55)75(60-44-46-65-63-26-10-14-28-67(63)73(72(65)49-60,56-20-6-2-7-21-56)57-22-8-3-9-23-57)59-45-47-71-66(48-59)64-27-13-17-31-70(64)74(71)68-29-15-11-24-61(68)62-25-12-16-30-69(62)74/h1-49H. The van der Waals surface area contributed by atoms with E-state index in [1.807, 2.05) is 0 Å². The molecular formula is C74H49N. The molecule has 0 atom stereocenters. The minimum atomic E-state index is -0.539. The number of anilines is 3. The Morgan fingerprint density at radius 3 is 0.960 bits per heavy atom. The maximum Gasteiger partial charge on any atom is 0.0725 e. The lowest BCUT2D eigenvalue weighted by molar-refractivity contribution is 0.768. The number of benzene rings is 12. The van der Waals surface area contributed by atoms with E-state index in [2.05, 4.69) is 302 Å². The van der Waals surface area contributed by atoms with Crippen molar-refractivity contribution in [1.29, 1.82) is 0 Å². The fourth-order valence-corrected chi connectivity index (χ4v) is 13.4. The van der Waals surface area contributed by atoms with Crippen LogP contribution in [0.2, 0.25) is 0 Å². The summed E-state index contributed by atoms with van der Waals surface area (Å²) in [4.78, 5) is 2.49. The van der Waals surface area contributed by atoms with E-state index in [9.17, 15) is 0 Å². The van der Waals surface area contributed by atoms with Gasteiger partial charge >= 0.3 is 0 Å². The summed E-state index contributed by atoms with van der Waals surface area (Å²) in [6.45, 7) is 0. The first-order valence-electron chi connectivity index (χ1n) is 26.2. The van der Waals surface area contributed by atoms with Gasteiger partial charge in [-0.15, -0.1) is 0 Å². The maximum atomic E-state index is 2.49. The molecule has 0 bridgehead atoms. The van der Waals surface area contributed by atoms with E-state index in [-0.39, 0.29) is 0 Å². The summed E-state index contributed by atoms with van der Waals surface area (Å²) in [5.41, 5.74) is 27.7. The molecule has 1 spiro atoms. The summed E-state index contributed by atoms with van der Waals surface area (Å²) in [5.74, 6) is 0. The fourth-order valence-electron chi connectivity index (χ4n) is 13.4. The molecule has 0 heterocycles. The normalized spacial score (nSPS) is 13.5. The number of hydrogen-bond acceptors (Lipinski definition) is 1. The molecule has 0 fully saturated rings. The summed E-state index contributed by atoms with van der Waals surface area (Å²) in [5, 5.41) is 0. The van der Waals surface area contributed by atoms with Crippen molar-refractivity contribution in [3.63, 3.8) is 0 Å². The van der Waals surface area contributed by atoms with Crippen molar-refractivity contribution in [2.24, 2.45) is 0 Å². The first-order chi connectivity index (χ1) is 37.2. The molecule has 0 unspecified atom stereocenters. The molecule has 0 saturated heterocycles. The van der Waals surface area contributed by atoms with Gasteiger partial charge in [-0.05, 0) is 148 Å². The molecule has 75 heavy (non-hydrogen) atoms. The number of hydrogen-bond donors (Lipinski definition) is 0. The van der Waals surface area contributed by atoms with Gasteiger partial charge in [-0.25, -0.2) is 0 Å². The van der Waals surface area contributed by atoms with Crippen molar-refractivity contribution in [2.75, 3.05) is 4.90 Å². The van der Waals surface area contributed by atoms with Crippen LogP contribution < -0.4 is 4.90 Å². The van der Waals surface area contributed by atoms with Crippen LogP contribution >= 0.6 is 0 Å². The summed E-state index contributed by atoms with van der Waals surface area (Å²) >= 11 is 0. The maximum absolute atomic E-state index is 2.49. The molecular weight excluding hydrogens is 903 g/mol. The van der Waals surface area contributed by atoms with Crippen molar-refractivity contribution in [1.82, 2.24) is 0 Å². The molecule has 1 heteroatoms. The Morgan fingerprint density at radius 1 is 0.187 bits per heavy atom. The van der Waals surface area contributed by atoms with Crippen molar-refractivity contribution >= 4 is 17.1 Å². The zero-order valence-corrected chi connectivity index (χ0v) is 41.2. The highest BCUT2D eigenvalue weighted by Crippen LogP contribution is 2.64. The van der Waals surface area contributed by atoms with Gasteiger partial charge in [-0.1, -0.05) is 261 Å². The van der Waals surface area contributed by atoms with Gasteiger partial charge in [0.15, 0.2) is 0 Å². The topological polar surface area (TPSA) is 3.24 Å². The Bertz CT molecular complexity index is 4050. The minimum absolute atomic E-state index is 0.421. The monoisotopic (exact) mass is 951 g/mol. The van der Waals surface area contributed by atoms with Crippen molar-refractivity contribution in [3.05, 3.63) is 342 Å². The smallest absolute Gasteiger partial charge is 0.0725 e. The van der Waals surface area contributed by atoms with Crippen molar-refractivity contribution in [2.45, 2.75) is 10.8 Å². The van der Waals surface area contributed by atoms with Crippen molar-refractivity contribution in [3.8, 4) is 66.8 Å². The van der Waals surface area contributed by atoms with Gasteiger partial charge in [-0.3, -0.25) is 0 Å². The highest BCUT2D eigenvalue weighted by atomic mass is 15.1. The number of rotatable bonds is 8. The molecule has 0 aromatic heterocycles. The predicted molar refractivity (Wildman–Crippen MR) is 311 cm³/mol. The van der Waals surface area contributed by atoms with E-state index >= 15 is 0 Å². The second-order valence-corrected chi connectivity index (χ2v) is 20.3. The molecule has 0 amide bonds. The van der Waals surface area contributed by atoms with Crippen molar-refractivity contribution < 1.29 is 0 Å². The van der Waals surface area contributed by atoms with Crippen LogP contribution in [-0.4, -0.2) is 0 Å². The molecule has 0 N–H and O–H groups in total. The third-order valence-electron chi connectivity index (χ3n) is 16.6. The van der Waals surface area contributed by atoms with Crippen LogP contribution in [-0.2, 0) is 10.8 Å². The van der Waals surface area contributed by atoms with E-state index in [1.165, 1.54) is 111 Å². The average Bonchev–Trinajstić information content (AvgIpc) is 4.29. The van der Waals surface area contributed by atoms with Crippen LogP contribution in [0.25, 0.3) is 66.8 Å². The van der Waals surface area contributed by atoms with Gasteiger partial charge in [0.05, 0.1) is 10.8 Å². The molecule has 12 aromatic rings. The molecule has 1 nitrogen and oxygen atoms in total. The van der Waals surface area contributed by atoms with Crippen LogP contribution in [0.4, 0.5) is 17.1 Å². The van der Waals surface area contributed by atoms with Crippen LogP contribution in [0, 0.1) is 0 Å². The largest absolute Gasteiger partial charge is 0.310 e. The van der Waals surface area contributed by atoms with Gasteiger partial charge < -0.3 is 4.90 Å². The van der Waals surface area contributed by atoms with Crippen LogP contribution in [0.15, 0.2) is 297 Å². The van der Waals surface area contributed by atoms with E-state index in [0.29, 0.717) is 0 Å². The SMILES string of the molecule is c1ccc(-c2ccc(-c3ccc(-c4ccc(N(c5ccc6c(c5)-c5ccccc5C65c6ccccc6-c6ccccc65)c5ccc6c(c5)C(c5ccccc5)(c5ccccc5)c5ccccc5-6)cc4)cc3)cc2)cc1. The Morgan fingerprint density at radius 2 is 0.493 bits per heavy atom. The number of nitrogens with zero attached hydrogens (tertiary/aromatic N) is 1. The molecule has 350 valence electrons. The Hall–Kier alpha value is -9.56. The lowest BCUT2D eigenvalue weighted by Crippen LogP contribution is -2.28. The van der Waals surface area contributed by atoms with E-state index < -0.39 is 10.8 Å². The van der Waals surface area contributed by atoms with Crippen LogP contribution in [0.5, 0.6) is 0 Å². The van der Waals surface area contributed by atoms with E-state index in [0.717, 1.165) is 17.1 Å². The lowest BCUT2D eigenvalue weighted by Gasteiger charge is -2.35. The molecule has 3 aliphatic rings. The predicted octanol–water partition coefficient (Wildman–Crippen LogP) is 18.9. The van der Waals surface area contributed by atoms with Gasteiger partial charge in [0.25, 0.3) is 0 Å². The molecule has 12 aromatic carbocycles. The molecule has 15 rings (SSSR count). The molecule has 0 aliphatic heterocycles. The Labute approximate surface area is 439 Å². The average molecular weight is 952 g/mol. The first kappa shape index (κ1) is 43.1. The van der Waals surface area contributed by atoms with E-state index in [4.69, 9.17) is 0 Å². The highest BCUT2D eigenvalue weighted by Gasteiger charge is 2.52. The summed E-state index contributed by atoms with van der Waals surface area (Å²) < 4.78 is 0. The Balaban J connectivity index is 0.893. The van der Waals surface area contributed by atoms with Gasteiger partial charge in [0.2, 0.25) is 0 Å². The van der Waals surface area contributed by atoms with Crippen LogP contribution in [0.3, 0.4) is 0 Å². The summed E-state index contributed by atoms with van der Waals surface area (Å²) in [6, 6.07) is 111. The summed E-state index contributed by atoms with van der Waals surface area (Å²) in [7, 11) is 0.